The van der Waals surface area contributed by atoms with Gasteiger partial charge < -0.3 is 24.5 Å². The van der Waals surface area contributed by atoms with Gasteiger partial charge in [-0.3, -0.25) is 0 Å². The number of hydrogen-bond acceptors (Lipinski definition) is 5. The summed E-state index contributed by atoms with van der Waals surface area (Å²) in [6.45, 7) is 7.16. The van der Waals surface area contributed by atoms with Crippen molar-refractivity contribution in [1.82, 2.24) is 15.6 Å². The number of aromatic nitrogens is 1. The van der Waals surface area contributed by atoms with Crippen LogP contribution in [0.1, 0.15) is 30.2 Å². The van der Waals surface area contributed by atoms with Gasteiger partial charge in [-0.2, -0.15) is 0 Å². The standard InChI is InChI=1S/C25H32N4O3.HI/c1-4-26-25(28-17-22-18-32-24(29-22)20-9-6-5-7-10-20)27-16-21-12-11-19(2)15-23(21)31-14-8-13-30-3;/h5-7,9-12,15,18H,4,8,13-14,16-17H2,1-3H3,(H2,26,27,28);1H. The Morgan fingerprint density at radius 2 is 1.91 bits per heavy atom. The van der Waals surface area contributed by atoms with E-state index in [1.807, 2.05) is 37.3 Å². The average Bonchev–Trinajstić information content (AvgIpc) is 3.29. The predicted octanol–water partition coefficient (Wildman–Crippen LogP) is 4.94. The molecule has 0 saturated heterocycles. The lowest BCUT2D eigenvalue weighted by Gasteiger charge is -2.13. The van der Waals surface area contributed by atoms with Gasteiger partial charge in [-0.15, -0.1) is 24.0 Å². The number of benzene rings is 2. The van der Waals surface area contributed by atoms with Crippen LogP contribution in [0.4, 0.5) is 0 Å². The van der Waals surface area contributed by atoms with Gasteiger partial charge in [0.15, 0.2) is 5.96 Å². The van der Waals surface area contributed by atoms with Crippen molar-refractivity contribution in [3.63, 3.8) is 0 Å². The molecule has 0 bridgehead atoms. The highest BCUT2D eigenvalue weighted by atomic mass is 127. The molecule has 0 amide bonds. The first-order chi connectivity index (χ1) is 15.7. The quantitative estimate of drug-likeness (QED) is 0.149. The molecule has 0 fully saturated rings. The summed E-state index contributed by atoms with van der Waals surface area (Å²) in [5, 5.41) is 6.60. The summed E-state index contributed by atoms with van der Waals surface area (Å²) in [4.78, 5) is 9.29. The number of guanidine groups is 1. The van der Waals surface area contributed by atoms with Gasteiger partial charge in [-0.1, -0.05) is 30.3 Å². The van der Waals surface area contributed by atoms with Crippen LogP contribution in [0.5, 0.6) is 5.75 Å². The van der Waals surface area contributed by atoms with Crippen LogP contribution in [0.25, 0.3) is 11.5 Å². The summed E-state index contributed by atoms with van der Waals surface area (Å²) < 4.78 is 16.7. The third-order valence-electron chi connectivity index (χ3n) is 4.73. The Morgan fingerprint density at radius 1 is 1.09 bits per heavy atom. The number of halogens is 1. The number of oxazole rings is 1. The highest BCUT2D eigenvalue weighted by Crippen LogP contribution is 2.22. The van der Waals surface area contributed by atoms with Crippen molar-refractivity contribution in [2.24, 2.45) is 4.99 Å². The number of rotatable bonds is 11. The maximum atomic E-state index is 5.97. The molecular formula is C25H33IN4O3. The van der Waals surface area contributed by atoms with Crippen LogP contribution in [0.2, 0.25) is 0 Å². The molecule has 3 rings (SSSR count). The molecule has 1 aromatic heterocycles. The molecule has 0 spiro atoms. The van der Waals surface area contributed by atoms with Crippen LogP contribution in [0.15, 0.2) is 64.2 Å². The van der Waals surface area contributed by atoms with E-state index in [2.05, 4.69) is 40.7 Å². The van der Waals surface area contributed by atoms with Crippen LogP contribution >= 0.6 is 24.0 Å². The van der Waals surface area contributed by atoms with E-state index in [0.29, 0.717) is 38.2 Å². The maximum Gasteiger partial charge on any atom is 0.226 e. The van der Waals surface area contributed by atoms with E-state index in [1.165, 1.54) is 0 Å². The Hall–Kier alpha value is -2.59. The number of methoxy groups -OCH3 is 1. The molecule has 0 aliphatic carbocycles. The molecule has 2 N–H and O–H groups in total. The van der Waals surface area contributed by atoms with E-state index in [4.69, 9.17) is 18.9 Å². The minimum Gasteiger partial charge on any atom is -0.493 e. The van der Waals surface area contributed by atoms with Crippen molar-refractivity contribution in [2.75, 3.05) is 26.9 Å². The zero-order valence-corrected chi connectivity index (χ0v) is 21.8. The molecule has 7 nitrogen and oxygen atoms in total. The smallest absolute Gasteiger partial charge is 0.226 e. The highest BCUT2D eigenvalue weighted by Gasteiger charge is 2.08. The molecule has 3 aromatic rings. The summed E-state index contributed by atoms with van der Waals surface area (Å²) in [5.74, 6) is 2.19. The van der Waals surface area contributed by atoms with Gasteiger partial charge >= 0.3 is 0 Å². The van der Waals surface area contributed by atoms with E-state index < -0.39 is 0 Å². The molecule has 0 unspecified atom stereocenters. The molecule has 8 heteroatoms. The molecule has 0 aliphatic heterocycles. The van der Waals surface area contributed by atoms with Crippen molar-refractivity contribution in [3.8, 4) is 17.2 Å². The van der Waals surface area contributed by atoms with Gasteiger partial charge in [0, 0.05) is 37.8 Å². The first-order valence-corrected chi connectivity index (χ1v) is 10.9. The molecule has 0 radical (unpaired) electrons. The number of hydrogen-bond donors (Lipinski definition) is 2. The van der Waals surface area contributed by atoms with Crippen molar-refractivity contribution >= 4 is 29.9 Å². The fraction of sp³-hybridized carbons (Fsp3) is 0.360. The van der Waals surface area contributed by atoms with Crippen LogP contribution in [-0.4, -0.2) is 37.8 Å². The number of aryl methyl sites for hydroxylation is 1. The van der Waals surface area contributed by atoms with E-state index in [1.54, 1.807) is 13.4 Å². The van der Waals surface area contributed by atoms with Gasteiger partial charge in [-0.05, 0) is 37.6 Å². The fourth-order valence-corrected chi connectivity index (χ4v) is 3.09. The fourth-order valence-electron chi connectivity index (χ4n) is 3.09. The van der Waals surface area contributed by atoms with Gasteiger partial charge in [0.1, 0.15) is 12.0 Å². The molecule has 33 heavy (non-hydrogen) atoms. The van der Waals surface area contributed by atoms with E-state index in [0.717, 1.165) is 41.1 Å². The first kappa shape index (κ1) is 26.7. The molecule has 1 heterocycles. The topological polar surface area (TPSA) is 80.9 Å². The third-order valence-corrected chi connectivity index (χ3v) is 4.73. The number of nitrogens with one attached hydrogen (secondary N) is 2. The van der Waals surface area contributed by atoms with Crippen molar-refractivity contribution in [1.29, 1.82) is 0 Å². The zero-order valence-electron chi connectivity index (χ0n) is 19.5. The molecule has 2 aromatic carbocycles. The Morgan fingerprint density at radius 3 is 2.67 bits per heavy atom. The Balaban J connectivity index is 0.00000385. The lowest BCUT2D eigenvalue weighted by atomic mass is 10.1. The van der Waals surface area contributed by atoms with Crippen LogP contribution < -0.4 is 15.4 Å². The SMILES string of the molecule is CCNC(=NCc1ccc(C)cc1OCCCOC)NCc1coc(-c2ccccc2)n1.I. The van der Waals surface area contributed by atoms with Crippen LogP contribution in [-0.2, 0) is 17.8 Å². The maximum absolute atomic E-state index is 5.97. The van der Waals surface area contributed by atoms with Gasteiger partial charge in [0.25, 0.3) is 0 Å². The number of ether oxygens (including phenoxy) is 2. The monoisotopic (exact) mass is 564 g/mol. The zero-order chi connectivity index (χ0) is 22.6. The van der Waals surface area contributed by atoms with E-state index in [-0.39, 0.29) is 24.0 Å². The summed E-state index contributed by atoms with van der Waals surface area (Å²) >= 11 is 0. The minimum atomic E-state index is 0. The second-order valence-corrected chi connectivity index (χ2v) is 7.36. The van der Waals surface area contributed by atoms with E-state index >= 15 is 0 Å². The van der Waals surface area contributed by atoms with Gasteiger partial charge in [-0.25, -0.2) is 9.98 Å². The number of nitrogens with zero attached hydrogens (tertiary/aromatic N) is 2. The van der Waals surface area contributed by atoms with Gasteiger partial charge in [0.05, 0.1) is 25.4 Å². The lowest BCUT2D eigenvalue weighted by molar-refractivity contribution is 0.172. The minimum absolute atomic E-state index is 0. The Labute approximate surface area is 213 Å². The van der Waals surface area contributed by atoms with Crippen LogP contribution in [0, 0.1) is 6.92 Å². The Bertz CT molecular complexity index is 992. The van der Waals surface area contributed by atoms with Crippen LogP contribution in [0.3, 0.4) is 0 Å². The summed E-state index contributed by atoms with van der Waals surface area (Å²) in [6, 6.07) is 16.1. The second-order valence-electron chi connectivity index (χ2n) is 7.36. The molecule has 178 valence electrons. The summed E-state index contributed by atoms with van der Waals surface area (Å²) in [5.41, 5.74) is 3.96. The lowest BCUT2D eigenvalue weighted by Crippen LogP contribution is -2.36. The Kier molecular flexibility index (Phi) is 11.7. The van der Waals surface area contributed by atoms with Crippen molar-refractivity contribution in [3.05, 3.63) is 71.6 Å². The average molecular weight is 564 g/mol. The molecule has 0 atom stereocenters. The third kappa shape index (κ3) is 8.70. The summed E-state index contributed by atoms with van der Waals surface area (Å²) in [7, 11) is 1.70. The number of aliphatic imine (C=N–C) groups is 1. The molecule has 0 aliphatic rings. The van der Waals surface area contributed by atoms with Gasteiger partial charge in [0.2, 0.25) is 5.89 Å². The van der Waals surface area contributed by atoms with Crippen molar-refractivity contribution < 1.29 is 13.9 Å². The highest BCUT2D eigenvalue weighted by molar-refractivity contribution is 14.0. The van der Waals surface area contributed by atoms with E-state index in [9.17, 15) is 0 Å². The largest absolute Gasteiger partial charge is 0.493 e. The molecular weight excluding hydrogens is 531 g/mol. The normalized spacial score (nSPS) is 11.1. The first-order valence-electron chi connectivity index (χ1n) is 10.9. The molecule has 0 saturated carbocycles. The summed E-state index contributed by atoms with van der Waals surface area (Å²) in [6.07, 6.45) is 2.52. The van der Waals surface area contributed by atoms with Crippen molar-refractivity contribution in [2.45, 2.75) is 33.4 Å². The predicted molar refractivity (Wildman–Crippen MR) is 142 cm³/mol. The second kappa shape index (κ2) is 14.5.